The van der Waals surface area contributed by atoms with E-state index >= 15 is 0 Å². The number of benzene rings is 1. The van der Waals surface area contributed by atoms with E-state index in [0.29, 0.717) is 33.7 Å². The van der Waals surface area contributed by atoms with Gasteiger partial charge in [0.15, 0.2) is 12.2 Å². The first-order valence-corrected chi connectivity index (χ1v) is 20.7. The summed E-state index contributed by atoms with van der Waals surface area (Å²) in [6, 6.07) is 13.0. The number of aliphatic hydroxyl groups is 1. The molecule has 2 aliphatic heterocycles. The number of carbonyl (C=O) groups excluding carboxylic acids is 5. The van der Waals surface area contributed by atoms with E-state index in [-0.39, 0.29) is 98.1 Å². The second-order valence-corrected chi connectivity index (χ2v) is 15.4. The van der Waals surface area contributed by atoms with Gasteiger partial charge in [0.25, 0.3) is 23.3 Å². The fourth-order valence-electron chi connectivity index (χ4n) is 8.02. The van der Waals surface area contributed by atoms with Crippen molar-refractivity contribution in [1.82, 2.24) is 23.3 Å². The van der Waals surface area contributed by atoms with Crippen LogP contribution >= 0.6 is 0 Å². The van der Waals surface area contributed by atoms with Crippen molar-refractivity contribution in [2.24, 2.45) is 0 Å². The summed E-state index contributed by atoms with van der Waals surface area (Å²) in [6.45, 7) is 3.09. The Labute approximate surface area is 375 Å². The molecule has 66 heavy (non-hydrogen) atoms. The third-order valence-electron chi connectivity index (χ3n) is 11.1. The minimum Gasteiger partial charge on any atom is -0.484 e. The number of fused-ring (bicyclic) bond motifs is 5. The summed E-state index contributed by atoms with van der Waals surface area (Å²) in [7, 11) is 4.37. The van der Waals surface area contributed by atoms with Gasteiger partial charge in [-0.15, -0.1) is 0 Å². The Kier molecular flexibility index (Phi) is 12.6. The molecule has 21 nitrogen and oxygen atoms in total. The van der Waals surface area contributed by atoms with Crippen molar-refractivity contribution < 1.29 is 57.5 Å². The van der Waals surface area contributed by atoms with Crippen molar-refractivity contribution in [1.29, 1.82) is 0 Å². The smallest absolute Gasteiger partial charge is 0.355 e. The fourth-order valence-corrected chi connectivity index (χ4v) is 8.02. The number of rotatable bonds is 17. The summed E-state index contributed by atoms with van der Waals surface area (Å²) in [5.74, 6) is -2.64. The van der Waals surface area contributed by atoms with Crippen molar-refractivity contribution >= 4 is 57.6 Å². The largest absolute Gasteiger partial charge is 0.484 e. The molecule has 1 aromatic carbocycles. The van der Waals surface area contributed by atoms with E-state index in [1.807, 2.05) is 6.07 Å². The maximum Gasteiger partial charge on any atom is 0.355 e. The Hall–Kier alpha value is -7.59. The molecule has 0 fully saturated rings. The molecule has 1 unspecified atom stereocenters. The van der Waals surface area contributed by atoms with Gasteiger partial charge in [-0.3, -0.25) is 19.2 Å². The van der Waals surface area contributed by atoms with Gasteiger partial charge in [0.1, 0.15) is 49.6 Å². The number of hydrogen-bond acceptors (Lipinski definition) is 14. The zero-order valence-corrected chi connectivity index (χ0v) is 36.6. The Morgan fingerprint density at radius 3 is 1.97 bits per heavy atom. The molecule has 0 saturated heterocycles. The predicted molar refractivity (Wildman–Crippen MR) is 235 cm³/mol. The topological polar surface area (TPSA) is 247 Å². The van der Waals surface area contributed by atoms with E-state index < -0.39 is 35.3 Å². The first-order chi connectivity index (χ1) is 31.8. The molecule has 8 rings (SSSR count). The van der Waals surface area contributed by atoms with Crippen LogP contribution in [-0.4, -0.2) is 92.6 Å². The number of anilines is 3. The molecule has 21 heteroatoms. The number of esters is 2. The normalized spacial score (nSPS) is 14.8. The lowest BCUT2D eigenvalue weighted by Crippen LogP contribution is -2.44. The van der Waals surface area contributed by atoms with Crippen LogP contribution in [0.3, 0.4) is 0 Å². The maximum absolute atomic E-state index is 13.7. The Morgan fingerprint density at radius 2 is 1.38 bits per heavy atom. The van der Waals surface area contributed by atoms with Crippen molar-refractivity contribution in [3.8, 4) is 17.1 Å². The van der Waals surface area contributed by atoms with Gasteiger partial charge in [0.05, 0.1) is 52.7 Å². The number of hydrogen-bond donors (Lipinski definition) is 4. The number of nitrogens with zero attached hydrogens (tertiary/aromatic N) is 5. The molecule has 0 spiro atoms. The highest BCUT2D eigenvalue weighted by atomic mass is 16.6. The molecular formula is C45H46N8O13. The first kappa shape index (κ1) is 45.0. The second kappa shape index (κ2) is 18.5. The zero-order chi connectivity index (χ0) is 46.9. The van der Waals surface area contributed by atoms with E-state index in [9.17, 15) is 33.9 Å². The van der Waals surface area contributed by atoms with Gasteiger partial charge in [-0.1, -0.05) is 6.92 Å². The summed E-state index contributed by atoms with van der Waals surface area (Å²) < 4.78 is 37.9. The van der Waals surface area contributed by atoms with Crippen LogP contribution in [0.4, 0.5) is 17.1 Å². The maximum atomic E-state index is 13.7. The van der Waals surface area contributed by atoms with E-state index in [1.165, 1.54) is 71.8 Å². The van der Waals surface area contributed by atoms with E-state index in [4.69, 9.17) is 33.4 Å². The number of pyridine rings is 2. The van der Waals surface area contributed by atoms with Crippen LogP contribution in [0.25, 0.3) is 22.3 Å². The molecule has 1 atom stereocenters. The quantitative estimate of drug-likeness (QED) is 0.0945. The van der Waals surface area contributed by atoms with Crippen LogP contribution in [0, 0.1) is 0 Å². The van der Waals surface area contributed by atoms with Gasteiger partial charge in [-0.05, 0) is 61.9 Å². The SMILES string of the molecule is CCOC(=O)c1cc(NC(=O)c2cc(NC(=O)c3cc(NC(=O)COc4ccc5nc6c(cc5c4)Cn4c-6cc5c(c4=O)COC(=O)C5(O)CC)cn3COC)cn2COC)cn1COC. The van der Waals surface area contributed by atoms with Crippen LogP contribution in [0.1, 0.15) is 68.4 Å². The van der Waals surface area contributed by atoms with Crippen molar-refractivity contribution in [2.75, 3.05) is 50.5 Å². The summed E-state index contributed by atoms with van der Waals surface area (Å²) >= 11 is 0. The third kappa shape index (κ3) is 8.54. The molecule has 4 N–H and O–H groups in total. The molecule has 7 heterocycles. The predicted octanol–water partition coefficient (Wildman–Crippen LogP) is 3.99. The Morgan fingerprint density at radius 1 is 0.788 bits per heavy atom. The van der Waals surface area contributed by atoms with Gasteiger partial charge in [-0.25, -0.2) is 14.6 Å². The van der Waals surface area contributed by atoms with Crippen LogP contribution in [0.15, 0.2) is 71.9 Å². The van der Waals surface area contributed by atoms with E-state index in [2.05, 4.69) is 16.0 Å². The second-order valence-electron chi connectivity index (χ2n) is 15.4. The number of amides is 3. The number of carbonyl (C=O) groups is 5. The molecule has 344 valence electrons. The molecular weight excluding hydrogens is 861 g/mol. The Bertz CT molecular complexity index is 2980. The van der Waals surface area contributed by atoms with Crippen LogP contribution < -0.4 is 26.2 Å². The molecule has 0 aliphatic carbocycles. The molecule has 6 aromatic rings. The van der Waals surface area contributed by atoms with Gasteiger partial charge >= 0.3 is 11.9 Å². The number of nitrogens with one attached hydrogen (secondary N) is 3. The standard InChI is InChI=1S/C45H46N8O13/c1-6-45(60)32-15-34-39-26(16-53(34)42(57)31(32)20-66-44(45)59)10-25-11-30(8-9-33(25)49-39)65-21-38(54)46-27-12-35(50(17-27)22-61-3)40(55)47-28-13-36(51(18-28)23-62-4)41(56)48-29-14-37(43(58)64-7-2)52(19-29)24-63-5/h8-15,17-19,60H,6-7,16,20-24H2,1-5H3,(H,46,54)(H,47,55)(H,48,56). The van der Waals surface area contributed by atoms with Crippen LogP contribution in [0.2, 0.25) is 0 Å². The zero-order valence-electron chi connectivity index (χ0n) is 36.6. The summed E-state index contributed by atoms with van der Waals surface area (Å²) in [5.41, 5.74) is 1.87. The van der Waals surface area contributed by atoms with Crippen molar-refractivity contribution in [2.45, 2.75) is 59.2 Å². The molecule has 0 radical (unpaired) electrons. The molecule has 0 saturated carbocycles. The van der Waals surface area contributed by atoms with E-state index in [1.54, 1.807) is 42.7 Å². The number of methoxy groups -OCH3 is 3. The van der Waals surface area contributed by atoms with Crippen LogP contribution in [0.5, 0.6) is 5.75 Å². The minimum atomic E-state index is -1.93. The van der Waals surface area contributed by atoms with Crippen LogP contribution in [-0.2, 0) is 72.2 Å². The molecule has 3 amide bonds. The Balaban J connectivity index is 0.927. The third-order valence-corrected chi connectivity index (χ3v) is 11.1. The molecule has 2 aliphatic rings. The summed E-state index contributed by atoms with van der Waals surface area (Å²) in [6.07, 6.45) is 4.62. The fraction of sp³-hybridized carbons (Fsp3) is 0.311. The monoisotopic (exact) mass is 906 g/mol. The van der Waals surface area contributed by atoms with Gasteiger partial charge in [-0.2, -0.15) is 0 Å². The highest BCUT2D eigenvalue weighted by Gasteiger charge is 2.45. The lowest BCUT2D eigenvalue weighted by Gasteiger charge is -2.31. The molecule has 0 bridgehead atoms. The minimum absolute atomic E-state index is 0.0282. The van der Waals surface area contributed by atoms with Crippen molar-refractivity contribution in [3.05, 3.63) is 111 Å². The number of aromatic nitrogens is 5. The lowest BCUT2D eigenvalue weighted by atomic mass is 9.86. The average molecular weight is 907 g/mol. The highest BCUT2D eigenvalue weighted by molar-refractivity contribution is 6.07. The average Bonchev–Trinajstić information content (AvgIpc) is 4.08. The van der Waals surface area contributed by atoms with Gasteiger partial charge < -0.3 is 67.7 Å². The first-order valence-electron chi connectivity index (χ1n) is 20.7. The summed E-state index contributed by atoms with van der Waals surface area (Å²) in [4.78, 5) is 83.7. The number of ether oxygens (including phenoxy) is 6. The van der Waals surface area contributed by atoms with Gasteiger partial charge in [0, 0.05) is 56.4 Å². The highest BCUT2D eigenvalue weighted by Crippen LogP contribution is 2.39. The summed E-state index contributed by atoms with van der Waals surface area (Å²) in [5, 5.41) is 20.1. The van der Waals surface area contributed by atoms with E-state index in [0.717, 1.165) is 5.56 Å². The lowest BCUT2D eigenvalue weighted by molar-refractivity contribution is -0.172. The number of cyclic esters (lactones) is 1. The molecule has 5 aromatic heterocycles. The van der Waals surface area contributed by atoms with Crippen molar-refractivity contribution in [3.63, 3.8) is 0 Å². The van der Waals surface area contributed by atoms with Gasteiger partial charge in [0.2, 0.25) is 0 Å².